The topological polar surface area (TPSA) is 35.9 Å². The lowest BCUT2D eigenvalue weighted by atomic mass is 10.0. The summed E-state index contributed by atoms with van der Waals surface area (Å²) in [4.78, 5) is 4.85. The van der Waals surface area contributed by atoms with Gasteiger partial charge < -0.3 is 14.7 Å². The van der Waals surface area contributed by atoms with Crippen molar-refractivity contribution in [3.8, 4) is 5.75 Å². The van der Waals surface area contributed by atoms with Crippen molar-refractivity contribution in [2.24, 2.45) is 0 Å². The zero-order chi connectivity index (χ0) is 22.5. The Balaban J connectivity index is 1.58. The summed E-state index contributed by atoms with van der Waals surface area (Å²) in [7, 11) is 0. The number of anilines is 1. The van der Waals surface area contributed by atoms with E-state index >= 15 is 0 Å². The van der Waals surface area contributed by atoms with Crippen molar-refractivity contribution in [1.29, 1.82) is 0 Å². The number of benzene rings is 3. The van der Waals surface area contributed by atoms with Crippen LogP contribution in [0.1, 0.15) is 24.1 Å². The molecule has 3 aromatic carbocycles. The van der Waals surface area contributed by atoms with Gasteiger partial charge in [0.05, 0.1) is 22.9 Å². The maximum Gasteiger partial charge on any atom is 0.121 e. The van der Waals surface area contributed by atoms with E-state index in [4.69, 9.17) is 27.9 Å². The lowest BCUT2D eigenvalue weighted by Gasteiger charge is -2.43. The van der Waals surface area contributed by atoms with Crippen LogP contribution < -0.4 is 9.64 Å². The second kappa shape index (κ2) is 10.6. The Hall–Kier alpha value is -2.24. The van der Waals surface area contributed by atoms with Crippen molar-refractivity contribution in [2.75, 3.05) is 31.1 Å². The molecule has 0 spiro atoms. The van der Waals surface area contributed by atoms with E-state index in [1.165, 1.54) is 11.1 Å². The molecule has 1 aliphatic rings. The monoisotopic (exact) mass is 470 g/mol. The molecule has 1 aliphatic heterocycles. The second-order valence-electron chi connectivity index (χ2n) is 8.25. The Morgan fingerprint density at radius 2 is 1.75 bits per heavy atom. The molecule has 1 heterocycles. The SMILES string of the molecule is C[C@H](O)COc1ccc(N2CCN(Cc3ccccc3)C[C@H]2c2ccc(Cl)cc2)c(Cl)c1. The van der Waals surface area contributed by atoms with Gasteiger partial charge in [-0.25, -0.2) is 0 Å². The van der Waals surface area contributed by atoms with E-state index < -0.39 is 6.10 Å². The average molecular weight is 471 g/mol. The summed E-state index contributed by atoms with van der Waals surface area (Å²) in [5, 5.41) is 10.8. The van der Waals surface area contributed by atoms with Crippen molar-refractivity contribution < 1.29 is 9.84 Å². The van der Waals surface area contributed by atoms with Crippen molar-refractivity contribution in [3.05, 3.63) is 94.0 Å². The molecule has 2 atom stereocenters. The van der Waals surface area contributed by atoms with E-state index in [0.717, 1.165) is 36.9 Å². The third-order valence-electron chi connectivity index (χ3n) is 5.69. The maximum absolute atomic E-state index is 9.47. The fourth-order valence-electron chi connectivity index (χ4n) is 4.11. The minimum Gasteiger partial charge on any atom is -0.491 e. The smallest absolute Gasteiger partial charge is 0.121 e. The number of hydrogen-bond donors (Lipinski definition) is 1. The molecule has 0 radical (unpaired) electrons. The zero-order valence-electron chi connectivity index (χ0n) is 18.1. The van der Waals surface area contributed by atoms with Gasteiger partial charge in [0.15, 0.2) is 0 Å². The quantitative estimate of drug-likeness (QED) is 0.471. The lowest BCUT2D eigenvalue weighted by Crippen LogP contribution is -2.48. The predicted octanol–water partition coefficient (Wildman–Crippen LogP) is 5.82. The Labute approximate surface area is 199 Å². The molecule has 1 saturated heterocycles. The molecule has 0 amide bonds. The van der Waals surface area contributed by atoms with Crippen molar-refractivity contribution in [2.45, 2.75) is 25.6 Å². The lowest BCUT2D eigenvalue weighted by molar-refractivity contribution is 0.123. The first kappa shape index (κ1) is 22.9. The summed E-state index contributed by atoms with van der Waals surface area (Å²) < 4.78 is 5.62. The molecule has 3 aromatic rings. The van der Waals surface area contributed by atoms with E-state index in [9.17, 15) is 5.11 Å². The fourth-order valence-corrected chi connectivity index (χ4v) is 4.52. The second-order valence-corrected chi connectivity index (χ2v) is 9.10. The van der Waals surface area contributed by atoms with Gasteiger partial charge in [0.2, 0.25) is 0 Å². The molecule has 32 heavy (non-hydrogen) atoms. The summed E-state index contributed by atoms with van der Waals surface area (Å²) >= 11 is 12.9. The predicted molar refractivity (Wildman–Crippen MR) is 132 cm³/mol. The first-order chi connectivity index (χ1) is 15.5. The third kappa shape index (κ3) is 5.76. The molecular weight excluding hydrogens is 443 g/mol. The van der Waals surface area contributed by atoms with Gasteiger partial charge in [0.25, 0.3) is 0 Å². The van der Waals surface area contributed by atoms with Crippen LogP contribution >= 0.6 is 23.2 Å². The molecule has 0 aliphatic carbocycles. The Morgan fingerprint density at radius 3 is 2.44 bits per heavy atom. The molecule has 168 valence electrons. The van der Waals surface area contributed by atoms with Crippen LogP contribution in [0.25, 0.3) is 0 Å². The zero-order valence-corrected chi connectivity index (χ0v) is 19.6. The van der Waals surface area contributed by atoms with Crippen LogP contribution in [0.2, 0.25) is 10.0 Å². The van der Waals surface area contributed by atoms with E-state index in [2.05, 4.69) is 52.3 Å². The molecular formula is C26H28Cl2N2O2. The van der Waals surface area contributed by atoms with Crippen LogP contribution in [0.3, 0.4) is 0 Å². The Bertz CT molecular complexity index is 1010. The molecule has 6 heteroatoms. The number of nitrogens with zero attached hydrogens (tertiary/aromatic N) is 2. The van der Waals surface area contributed by atoms with E-state index in [1.54, 1.807) is 6.92 Å². The van der Waals surface area contributed by atoms with Gasteiger partial charge in [0.1, 0.15) is 12.4 Å². The van der Waals surface area contributed by atoms with E-state index in [-0.39, 0.29) is 12.6 Å². The average Bonchev–Trinajstić information content (AvgIpc) is 2.79. The summed E-state index contributed by atoms with van der Waals surface area (Å²) in [6, 6.07) is 24.6. The molecule has 4 nitrogen and oxygen atoms in total. The number of ether oxygens (including phenoxy) is 1. The molecule has 0 aromatic heterocycles. The van der Waals surface area contributed by atoms with Crippen LogP contribution in [-0.2, 0) is 6.54 Å². The highest BCUT2D eigenvalue weighted by Gasteiger charge is 2.30. The van der Waals surface area contributed by atoms with Gasteiger partial charge in [-0.3, -0.25) is 4.90 Å². The summed E-state index contributed by atoms with van der Waals surface area (Å²) in [6.07, 6.45) is -0.527. The van der Waals surface area contributed by atoms with Crippen molar-refractivity contribution in [3.63, 3.8) is 0 Å². The standard InChI is InChI=1S/C26H28Cl2N2O2/c1-19(31)18-32-23-11-12-25(24(28)15-23)30-14-13-29(16-20-5-3-2-4-6-20)17-26(30)21-7-9-22(27)10-8-21/h2-12,15,19,26,31H,13-14,16-18H2,1H3/t19-,26-/m0/s1. The minimum atomic E-state index is -0.527. The molecule has 0 saturated carbocycles. The summed E-state index contributed by atoms with van der Waals surface area (Å²) in [5.41, 5.74) is 3.50. The Kier molecular flexibility index (Phi) is 7.59. The summed E-state index contributed by atoms with van der Waals surface area (Å²) in [6.45, 7) is 5.53. The van der Waals surface area contributed by atoms with Gasteiger partial charge >= 0.3 is 0 Å². The summed E-state index contributed by atoms with van der Waals surface area (Å²) in [5.74, 6) is 0.658. The van der Waals surface area contributed by atoms with Gasteiger partial charge in [0, 0.05) is 37.3 Å². The highest BCUT2D eigenvalue weighted by Crippen LogP contribution is 2.37. The number of aliphatic hydroxyl groups is 1. The van der Waals surface area contributed by atoms with Crippen LogP contribution in [-0.4, -0.2) is 42.4 Å². The van der Waals surface area contributed by atoms with Crippen LogP contribution in [0.4, 0.5) is 5.69 Å². The highest BCUT2D eigenvalue weighted by atomic mass is 35.5. The number of halogens is 2. The maximum atomic E-state index is 9.47. The number of piperazine rings is 1. The number of hydrogen-bond acceptors (Lipinski definition) is 4. The largest absolute Gasteiger partial charge is 0.491 e. The molecule has 1 fully saturated rings. The van der Waals surface area contributed by atoms with Crippen molar-refractivity contribution in [1.82, 2.24) is 4.90 Å². The van der Waals surface area contributed by atoms with Crippen LogP contribution in [0.15, 0.2) is 72.8 Å². The van der Waals surface area contributed by atoms with Crippen LogP contribution in [0, 0.1) is 0 Å². The van der Waals surface area contributed by atoms with Crippen LogP contribution in [0.5, 0.6) is 5.75 Å². The minimum absolute atomic E-state index is 0.145. The van der Waals surface area contributed by atoms with Gasteiger partial charge in [-0.1, -0.05) is 65.7 Å². The van der Waals surface area contributed by atoms with Gasteiger partial charge in [-0.2, -0.15) is 0 Å². The molecule has 1 N–H and O–H groups in total. The molecule has 0 unspecified atom stereocenters. The first-order valence-electron chi connectivity index (χ1n) is 10.9. The van der Waals surface area contributed by atoms with E-state index in [0.29, 0.717) is 10.8 Å². The van der Waals surface area contributed by atoms with Gasteiger partial charge in [-0.05, 0) is 42.3 Å². The Morgan fingerprint density at radius 1 is 1.00 bits per heavy atom. The fraction of sp³-hybridized carbons (Fsp3) is 0.308. The van der Waals surface area contributed by atoms with E-state index in [1.807, 2.05) is 30.3 Å². The normalized spacial score (nSPS) is 17.9. The highest BCUT2D eigenvalue weighted by molar-refractivity contribution is 6.33. The van der Waals surface area contributed by atoms with Gasteiger partial charge in [-0.15, -0.1) is 0 Å². The van der Waals surface area contributed by atoms with Crippen molar-refractivity contribution >= 4 is 28.9 Å². The molecule has 0 bridgehead atoms. The number of rotatable bonds is 7. The first-order valence-corrected chi connectivity index (χ1v) is 11.6. The molecule has 4 rings (SSSR count). The number of aliphatic hydroxyl groups excluding tert-OH is 1. The third-order valence-corrected chi connectivity index (χ3v) is 6.24.